The van der Waals surface area contributed by atoms with E-state index < -0.39 is 0 Å². The fourth-order valence-corrected chi connectivity index (χ4v) is 2.16. The number of hydrogen-bond donors (Lipinski definition) is 0. The lowest BCUT2D eigenvalue weighted by Gasteiger charge is -2.29. The number of carbonyl (C=O) groups is 1. The lowest BCUT2D eigenvalue weighted by Crippen LogP contribution is -2.36. The molecule has 1 aromatic rings. The number of carbonyl (C=O) groups excluding carboxylic acids is 1. The molecule has 0 saturated carbocycles. The Morgan fingerprint density at radius 1 is 1.33 bits per heavy atom. The number of piperidine rings is 1. The Labute approximate surface area is 90.9 Å². The normalized spacial score (nSPS) is 16.9. The Balaban J connectivity index is 2.24. The number of nitrogens with zero attached hydrogens (tertiary/aromatic N) is 1. The van der Waals surface area contributed by atoms with E-state index in [1.54, 1.807) is 0 Å². The van der Waals surface area contributed by atoms with Gasteiger partial charge in [0.05, 0.1) is 6.54 Å². The van der Waals surface area contributed by atoms with E-state index in [-0.39, 0.29) is 0 Å². The number of aryl methyl sites for hydroxylation is 1. The van der Waals surface area contributed by atoms with Crippen LogP contribution in [0.3, 0.4) is 0 Å². The summed E-state index contributed by atoms with van der Waals surface area (Å²) in [6, 6.07) is 8.38. The Bertz CT molecular complexity index is 359. The molecule has 15 heavy (non-hydrogen) atoms. The topological polar surface area (TPSA) is 20.3 Å². The van der Waals surface area contributed by atoms with E-state index in [1.165, 1.54) is 11.3 Å². The van der Waals surface area contributed by atoms with Crippen LogP contribution in [-0.4, -0.2) is 18.9 Å². The van der Waals surface area contributed by atoms with Gasteiger partial charge >= 0.3 is 0 Å². The van der Waals surface area contributed by atoms with Crippen LogP contribution in [0, 0.1) is 0 Å². The number of Topliss-reactive ketones (excluding diaryl/α,β-unsaturated/α-hetero) is 1. The monoisotopic (exact) mass is 203 g/mol. The molecule has 1 aliphatic rings. The van der Waals surface area contributed by atoms with Crippen molar-refractivity contribution in [2.45, 2.75) is 26.2 Å². The van der Waals surface area contributed by atoms with Gasteiger partial charge < -0.3 is 4.90 Å². The lowest BCUT2D eigenvalue weighted by atomic mass is 10.1. The van der Waals surface area contributed by atoms with E-state index in [2.05, 4.69) is 30.0 Å². The third kappa shape index (κ3) is 2.20. The van der Waals surface area contributed by atoms with Crippen molar-refractivity contribution in [3.8, 4) is 0 Å². The average molecular weight is 203 g/mol. The van der Waals surface area contributed by atoms with Crippen LogP contribution >= 0.6 is 0 Å². The van der Waals surface area contributed by atoms with Crippen molar-refractivity contribution in [1.82, 2.24) is 0 Å². The first-order valence-corrected chi connectivity index (χ1v) is 5.66. The van der Waals surface area contributed by atoms with E-state index in [1.807, 2.05) is 6.07 Å². The smallest absolute Gasteiger partial charge is 0.152 e. The van der Waals surface area contributed by atoms with E-state index in [0.29, 0.717) is 12.3 Å². The summed E-state index contributed by atoms with van der Waals surface area (Å²) in [5.41, 5.74) is 2.58. The van der Waals surface area contributed by atoms with Crippen molar-refractivity contribution in [2.75, 3.05) is 18.0 Å². The van der Waals surface area contributed by atoms with Gasteiger partial charge in [-0.2, -0.15) is 0 Å². The first kappa shape index (κ1) is 10.2. The lowest BCUT2D eigenvalue weighted by molar-refractivity contribution is -0.118. The molecule has 0 radical (unpaired) electrons. The number of hydrogen-bond acceptors (Lipinski definition) is 2. The molecule has 80 valence electrons. The van der Waals surface area contributed by atoms with Gasteiger partial charge in [-0.3, -0.25) is 4.79 Å². The number of benzene rings is 1. The number of rotatable bonds is 2. The first-order valence-electron chi connectivity index (χ1n) is 5.66. The highest BCUT2D eigenvalue weighted by Crippen LogP contribution is 2.23. The van der Waals surface area contributed by atoms with Gasteiger partial charge in [0, 0.05) is 18.7 Å². The molecule has 0 spiro atoms. The van der Waals surface area contributed by atoms with Crippen molar-refractivity contribution in [2.24, 2.45) is 0 Å². The predicted octanol–water partition coefficient (Wildman–Crippen LogP) is 2.42. The number of anilines is 1. The van der Waals surface area contributed by atoms with Crippen LogP contribution in [0.2, 0.25) is 0 Å². The van der Waals surface area contributed by atoms with Gasteiger partial charge in [-0.25, -0.2) is 0 Å². The molecule has 0 aliphatic carbocycles. The maximum atomic E-state index is 11.4. The summed E-state index contributed by atoms with van der Waals surface area (Å²) < 4.78 is 0. The SMILES string of the molecule is CCc1ccccc1N1CCCC(=O)C1. The van der Waals surface area contributed by atoms with Crippen molar-refractivity contribution >= 4 is 11.5 Å². The standard InChI is InChI=1S/C13H17NO/c1-2-11-6-3-4-8-13(11)14-9-5-7-12(15)10-14/h3-4,6,8H,2,5,7,9-10H2,1H3. The molecule has 0 unspecified atom stereocenters. The molecule has 1 aromatic carbocycles. The van der Waals surface area contributed by atoms with Gasteiger partial charge in [0.25, 0.3) is 0 Å². The first-order chi connectivity index (χ1) is 7.31. The zero-order valence-electron chi connectivity index (χ0n) is 9.20. The summed E-state index contributed by atoms with van der Waals surface area (Å²) in [6.07, 6.45) is 2.78. The van der Waals surface area contributed by atoms with Crippen LogP contribution in [0.1, 0.15) is 25.3 Å². The maximum absolute atomic E-state index is 11.4. The largest absolute Gasteiger partial charge is 0.364 e. The molecule has 0 aromatic heterocycles. The molecular formula is C13H17NO. The Morgan fingerprint density at radius 3 is 2.87 bits per heavy atom. The number of para-hydroxylation sites is 1. The highest BCUT2D eigenvalue weighted by Gasteiger charge is 2.18. The van der Waals surface area contributed by atoms with Gasteiger partial charge in [0.1, 0.15) is 0 Å². The van der Waals surface area contributed by atoms with Gasteiger partial charge in [-0.05, 0) is 24.5 Å². The molecule has 1 aliphatic heterocycles. The Morgan fingerprint density at radius 2 is 2.13 bits per heavy atom. The van der Waals surface area contributed by atoms with Crippen molar-refractivity contribution in [3.63, 3.8) is 0 Å². The van der Waals surface area contributed by atoms with Crippen molar-refractivity contribution in [3.05, 3.63) is 29.8 Å². The molecule has 1 saturated heterocycles. The minimum absolute atomic E-state index is 0.368. The summed E-state index contributed by atoms with van der Waals surface area (Å²) in [7, 11) is 0. The fraction of sp³-hybridized carbons (Fsp3) is 0.462. The van der Waals surface area contributed by atoms with Gasteiger partial charge in [-0.15, -0.1) is 0 Å². The number of ketones is 1. The van der Waals surface area contributed by atoms with E-state index in [4.69, 9.17) is 0 Å². The van der Waals surface area contributed by atoms with Gasteiger partial charge in [0.2, 0.25) is 0 Å². The molecule has 0 amide bonds. The highest BCUT2D eigenvalue weighted by molar-refractivity contribution is 5.85. The van der Waals surface area contributed by atoms with Crippen LogP contribution < -0.4 is 4.90 Å². The quantitative estimate of drug-likeness (QED) is 0.735. The molecule has 2 heteroatoms. The van der Waals surface area contributed by atoms with Crippen LogP contribution in [0.15, 0.2) is 24.3 Å². The highest BCUT2D eigenvalue weighted by atomic mass is 16.1. The minimum atomic E-state index is 0.368. The van der Waals surface area contributed by atoms with E-state index >= 15 is 0 Å². The van der Waals surface area contributed by atoms with Crippen molar-refractivity contribution < 1.29 is 4.79 Å². The molecule has 0 atom stereocenters. The molecule has 1 fully saturated rings. The van der Waals surface area contributed by atoms with E-state index in [9.17, 15) is 4.79 Å². The molecule has 2 nitrogen and oxygen atoms in total. The summed E-state index contributed by atoms with van der Waals surface area (Å²) in [5, 5.41) is 0. The zero-order valence-corrected chi connectivity index (χ0v) is 9.20. The van der Waals surface area contributed by atoms with Crippen LogP contribution in [0.5, 0.6) is 0 Å². The van der Waals surface area contributed by atoms with Gasteiger partial charge in [0.15, 0.2) is 5.78 Å². The average Bonchev–Trinajstić information content (AvgIpc) is 2.29. The molecule has 0 bridgehead atoms. The van der Waals surface area contributed by atoms with E-state index in [0.717, 1.165) is 25.8 Å². The van der Waals surface area contributed by atoms with Crippen LogP contribution in [0.25, 0.3) is 0 Å². The summed E-state index contributed by atoms with van der Waals surface area (Å²) >= 11 is 0. The Kier molecular flexibility index (Phi) is 3.05. The second kappa shape index (κ2) is 4.47. The minimum Gasteiger partial charge on any atom is -0.364 e. The summed E-state index contributed by atoms with van der Waals surface area (Å²) in [4.78, 5) is 13.6. The van der Waals surface area contributed by atoms with Crippen LogP contribution in [0.4, 0.5) is 5.69 Å². The molecule has 2 rings (SSSR count). The molecular weight excluding hydrogens is 186 g/mol. The second-order valence-corrected chi connectivity index (χ2v) is 4.05. The molecule has 1 heterocycles. The second-order valence-electron chi connectivity index (χ2n) is 4.05. The van der Waals surface area contributed by atoms with Gasteiger partial charge in [-0.1, -0.05) is 25.1 Å². The molecule has 0 N–H and O–H groups in total. The third-order valence-electron chi connectivity index (χ3n) is 2.96. The third-order valence-corrected chi connectivity index (χ3v) is 2.96. The summed E-state index contributed by atoms with van der Waals surface area (Å²) in [5.74, 6) is 0.368. The van der Waals surface area contributed by atoms with Crippen LogP contribution in [-0.2, 0) is 11.2 Å². The fourth-order valence-electron chi connectivity index (χ4n) is 2.16. The predicted molar refractivity (Wildman–Crippen MR) is 62.3 cm³/mol. The summed E-state index contributed by atoms with van der Waals surface area (Å²) in [6.45, 7) is 3.77. The maximum Gasteiger partial charge on any atom is 0.152 e. The zero-order chi connectivity index (χ0) is 10.7. The Hall–Kier alpha value is -1.31. The van der Waals surface area contributed by atoms with Crippen molar-refractivity contribution in [1.29, 1.82) is 0 Å².